The molecule has 5 rings (SSSR count). The quantitative estimate of drug-likeness (QED) is 0.803. The Morgan fingerprint density at radius 2 is 1.96 bits per heavy atom. The van der Waals surface area contributed by atoms with Gasteiger partial charge >= 0.3 is 0 Å². The number of fused-ring (bicyclic) bond motifs is 2. The first-order valence-electron chi connectivity index (χ1n) is 9.27. The van der Waals surface area contributed by atoms with E-state index < -0.39 is 15.4 Å². The molecular formula is C18H22N6O3S. The Morgan fingerprint density at radius 3 is 2.64 bits per heavy atom. The van der Waals surface area contributed by atoms with Crippen LogP contribution in [0, 0.1) is 10.8 Å². The predicted molar refractivity (Wildman–Crippen MR) is 99.3 cm³/mol. The number of ketones is 1. The lowest BCUT2D eigenvalue weighted by Crippen LogP contribution is -2.63. The maximum absolute atomic E-state index is 13.1. The monoisotopic (exact) mass is 402 g/mol. The van der Waals surface area contributed by atoms with Crippen LogP contribution in [0.1, 0.15) is 26.7 Å². The third-order valence-corrected chi connectivity index (χ3v) is 7.76. The number of carbonyl (C=O) groups is 1. The largest absolute Gasteiger partial charge is 0.342 e. The van der Waals surface area contributed by atoms with Crippen molar-refractivity contribution in [2.45, 2.75) is 31.7 Å². The molecule has 1 aromatic heterocycles. The van der Waals surface area contributed by atoms with Gasteiger partial charge in [0.15, 0.2) is 16.6 Å². The molecule has 1 aromatic rings. The lowest BCUT2D eigenvalue weighted by atomic mass is 9.60. The number of aryl methyl sites for hydroxylation is 1. The average molecular weight is 402 g/mol. The Bertz CT molecular complexity index is 1100. The van der Waals surface area contributed by atoms with Crippen LogP contribution >= 0.6 is 0 Å². The van der Waals surface area contributed by atoms with Crippen LogP contribution in [0.3, 0.4) is 0 Å². The molecule has 3 aliphatic heterocycles. The van der Waals surface area contributed by atoms with Crippen LogP contribution in [0.15, 0.2) is 50.2 Å². The number of rotatable bonds is 2. The highest BCUT2D eigenvalue weighted by Gasteiger charge is 2.59. The topological polar surface area (TPSA) is 109 Å². The second kappa shape index (κ2) is 5.38. The molecule has 1 aliphatic carbocycles. The van der Waals surface area contributed by atoms with E-state index in [1.54, 1.807) is 13.2 Å². The fourth-order valence-corrected chi connectivity index (χ4v) is 6.32. The smallest absolute Gasteiger partial charge is 0.262 e. The second-order valence-electron chi connectivity index (χ2n) is 8.83. The van der Waals surface area contributed by atoms with Crippen molar-refractivity contribution in [3.8, 4) is 0 Å². The number of azo groups is 1. The summed E-state index contributed by atoms with van der Waals surface area (Å²) < 4.78 is 28.8. The van der Waals surface area contributed by atoms with Crippen molar-refractivity contribution in [2.24, 2.45) is 28.1 Å². The van der Waals surface area contributed by atoms with Crippen LogP contribution in [-0.2, 0) is 21.9 Å². The lowest BCUT2D eigenvalue weighted by molar-refractivity contribution is -0.120. The fraction of sp³-hybridized carbons (Fsp3) is 0.556. The normalized spacial score (nSPS) is 25.6. The molecule has 0 bridgehead atoms. The van der Waals surface area contributed by atoms with Crippen LogP contribution in [0.5, 0.6) is 0 Å². The number of hydrogen-bond donors (Lipinski definition) is 1. The molecule has 0 aromatic carbocycles. The van der Waals surface area contributed by atoms with E-state index in [1.807, 2.05) is 0 Å². The van der Waals surface area contributed by atoms with E-state index in [2.05, 4.69) is 34.5 Å². The standard InChI is InChI=1S/C18H22N6O3S/c1-17(2)6-12-15(13(25)7-17)18(11-8-19-21-16(11)20-12)9-24(10-18)28(26,27)14-4-5-23(3)22-14/h4-5,20H,6-10H2,1-3H3. The summed E-state index contributed by atoms with van der Waals surface area (Å²) in [6, 6.07) is 1.49. The summed E-state index contributed by atoms with van der Waals surface area (Å²) in [5, 5.41) is 15.7. The van der Waals surface area contributed by atoms with Gasteiger partial charge in [0.05, 0.1) is 12.0 Å². The van der Waals surface area contributed by atoms with Gasteiger partial charge in [-0.15, -0.1) is 5.11 Å². The van der Waals surface area contributed by atoms with E-state index in [-0.39, 0.29) is 29.3 Å². The summed E-state index contributed by atoms with van der Waals surface area (Å²) in [5.41, 5.74) is 1.75. The SMILES string of the molecule is Cn1ccc(S(=O)(=O)N2CC3(C2)C2=C(N=NC2)NC2=C3C(=O)CC(C)(C)C2)n1. The molecule has 1 saturated heterocycles. The maximum atomic E-state index is 13.1. The molecule has 0 radical (unpaired) electrons. The third-order valence-electron chi connectivity index (χ3n) is 6.07. The van der Waals surface area contributed by atoms with Gasteiger partial charge in [0, 0.05) is 49.6 Å². The molecule has 1 spiro atoms. The van der Waals surface area contributed by atoms with Crippen molar-refractivity contribution in [3.05, 3.63) is 34.9 Å². The van der Waals surface area contributed by atoms with Gasteiger partial charge in [0.1, 0.15) is 0 Å². The van der Waals surface area contributed by atoms with Crippen LogP contribution in [-0.4, -0.2) is 47.9 Å². The number of sulfonamides is 1. The Kier molecular flexibility index (Phi) is 3.41. The highest BCUT2D eigenvalue weighted by atomic mass is 32.2. The summed E-state index contributed by atoms with van der Waals surface area (Å²) in [7, 11) is -2.02. The zero-order valence-electron chi connectivity index (χ0n) is 16.1. The maximum Gasteiger partial charge on any atom is 0.262 e. The molecule has 1 fully saturated rings. The number of carbonyl (C=O) groups excluding carboxylic acids is 1. The summed E-state index contributed by atoms with van der Waals surface area (Å²) >= 11 is 0. The molecule has 10 heteroatoms. The summed E-state index contributed by atoms with van der Waals surface area (Å²) in [4.78, 5) is 13.1. The molecular weight excluding hydrogens is 380 g/mol. The fourth-order valence-electron chi connectivity index (χ4n) is 4.81. The number of nitrogens with one attached hydrogen (secondary N) is 1. The lowest BCUT2D eigenvalue weighted by Gasteiger charge is -2.54. The van der Waals surface area contributed by atoms with Crippen molar-refractivity contribution < 1.29 is 13.2 Å². The Hall–Kier alpha value is -2.33. The zero-order chi connectivity index (χ0) is 19.9. The highest BCUT2D eigenvalue weighted by Crippen LogP contribution is 2.55. The first kappa shape index (κ1) is 17.7. The Balaban J connectivity index is 1.54. The molecule has 148 valence electrons. The number of dihydropyridines is 1. The average Bonchev–Trinajstić information content (AvgIpc) is 3.18. The molecule has 28 heavy (non-hydrogen) atoms. The summed E-state index contributed by atoms with van der Waals surface area (Å²) in [6.07, 6.45) is 2.80. The van der Waals surface area contributed by atoms with Gasteiger partial charge < -0.3 is 5.32 Å². The molecule has 4 aliphatic rings. The molecule has 0 saturated carbocycles. The Morgan fingerprint density at radius 1 is 1.21 bits per heavy atom. The first-order valence-corrected chi connectivity index (χ1v) is 10.7. The minimum atomic E-state index is -3.70. The predicted octanol–water partition coefficient (Wildman–Crippen LogP) is 1.33. The van der Waals surface area contributed by atoms with Gasteiger partial charge in [-0.25, -0.2) is 8.42 Å². The van der Waals surface area contributed by atoms with Crippen LogP contribution in [0.2, 0.25) is 0 Å². The van der Waals surface area contributed by atoms with Crippen molar-refractivity contribution in [3.63, 3.8) is 0 Å². The van der Waals surface area contributed by atoms with Crippen LogP contribution in [0.25, 0.3) is 0 Å². The van der Waals surface area contributed by atoms with Crippen LogP contribution < -0.4 is 5.32 Å². The molecule has 0 amide bonds. The van der Waals surface area contributed by atoms with Crippen molar-refractivity contribution >= 4 is 15.8 Å². The molecule has 1 N–H and O–H groups in total. The van der Waals surface area contributed by atoms with E-state index in [1.165, 1.54) is 15.1 Å². The van der Waals surface area contributed by atoms with E-state index in [9.17, 15) is 13.2 Å². The third kappa shape index (κ3) is 2.30. The van der Waals surface area contributed by atoms with Crippen LogP contribution in [0.4, 0.5) is 0 Å². The van der Waals surface area contributed by atoms with E-state index in [4.69, 9.17) is 0 Å². The van der Waals surface area contributed by atoms with Gasteiger partial charge in [-0.2, -0.15) is 14.5 Å². The van der Waals surface area contributed by atoms with Gasteiger partial charge in [0.25, 0.3) is 10.0 Å². The Labute approximate surface area is 163 Å². The van der Waals surface area contributed by atoms with Gasteiger partial charge in [-0.3, -0.25) is 9.48 Å². The van der Waals surface area contributed by atoms with Gasteiger partial charge in [-0.05, 0) is 17.9 Å². The minimum Gasteiger partial charge on any atom is -0.342 e. The molecule has 0 unspecified atom stereocenters. The summed E-state index contributed by atoms with van der Waals surface area (Å²) in [6.45, 7) is 4.99. The van der Waals surface area contributed by atoms with Crippen molar-refractivity contribution in [2.75, 3.05) is 19.6 Å². The second-order valence-corrected chi connectivity index (χ2v) is 10.7. The number of nitrogens with zero attached hydrogens (tertiary/aromatic N) is 5. The van der Waals surface area contributed by atoms with Crippen molar-refractivity contribution in [1.29, 1.82) is 0 Å². The molecule has 4 heterocycles. The summed E-state index contributed by atoms with van der Waals surface area (Å²) in [5.74, 6) is 0.770. The molecule has 9 nitrogen and oxygen atoms in total. The molecule has 0 atom stereocenters. The number of hydrogen-bond acceptors (Lipinski definition) is 7. The first-order chi connectivity index (χ1) is 13.1. The highest BCUT2D eigenvalue weighted by molar-refractivity contribution is 7.89. The van der Waals surface area contributed by atoms with E-state index >= 15 is 0 Å². The number of Topliss-reactive ketones (excluding diaryl/α,β-unsaturated/α-hetero) is 1. The number of allylic oxidation sites excluding steroid dienone is 1. The van der Waals surface area contributed by atoms with E-state index in [0.29, 0.717) is 18.8 Å². The van der Waals surface area contributed by atoms with Gasteiger partial charge in [0.2, 0.25) is 0 Å². The number of aromatic nitrogens is 2. The van der Waals surface area contributed by atoms with Crippen molar-refractivity contribution in [1.82, 2.24) is 19.4 Å². The zero-order valence-corrected chi connectivity index (χ0v) is 16.9. The minimum absolute atomic E-state index is 0.0269. The van der Waals surface area contributed by atoms with E-state index in [0.717, 1.165) is 23.3 Å². The van der Waals surface area contributed by atoms with Gasteiger partial charge in [-0.1, -0.05) is 13.8 Å².